The average molecular weight is 229 g/mol. The second kappa shape index (κ2) is 5.96. The van der Waals surface area contributed by atoms with E-state index in [9.17, 15) is 4.39 Å². The van der Waals surface area contributed by atoms with Crippen molar-refractivity contribution >= 4 is 0 Å². The van der Waals surface area contributed by atoms with E-state index in [1.807, 2.05) is 19.3 Å². The van der Waals surface area contributed by atoms with Crippen LogP contribution in [0.5, 0.6) is 0 Å². The Morgan fingerprint density at radius 3 is 2.88 bits per heavy atom. The van der Waals surface area contributed by atoms with Crippen molar-refractivity contribution in [2.75, 3.05) is 20.3 Å². The van der Waals surface area contributed by atoms with Crippen molar-refractivity contribution in [3.8, 4) is 0 Å². The molecule has 1 heterocycles. The lowest BCUT2D eigenvalue weighted by molar-refractivity contribution is 0.0327. The molecule has 0 aliphatic rings. The van der Waals surface area contributed by atoms with Crippen LogP contribution in [0, 0.1) is 0 Å². The van der Waals surface area contributed by atoms with Crippen LogP contribution in [0.1, 0.15) is 18.5 Å². The van der Waals surface area contributed by atoms with E-state index in [1.165, 1.54) is 7.11 Å². The van der Waals surface area contributed by atoms with Crippen LogP contribution in [-0.2, 0) is 18.2 Å². The fraction of sp³-hybridized carbons (Fsp3) is 0.727. The molecule has 0 aromatic carbocycles. The van der Waals surface area contributed by atoms with Gasteiger partial charge in [-0.2, -0.15) is 5.10 Å². The first kappa shape index (κ1) is 13.1. The molecule has 0 radical (unpaired) electrons. The van der Waals surface area contributed by atoms with Gasteiger partial charge in [0, 0.05) is 26.8 Å². The Hall–Kier alpha value is -0.940. The molecule has 2 N–H and O–H groups in total. The van der Waals surface area contributed by atoms with Gasteiger partial charge >= 0.3 is 0 Å². The molecule has 1 unspecified atom stereocenters. The molecule has 0 saturated heterocycles. The van der Waals surface area contributed by atoms with Crippen molar-refractivity contribution in [1.82, 2.24) is 9.78 Å². The van der Waals surface area contributed by atoms with E-state index >= 15 is 0 Å². The monoisotopic (exact) mass is 229 g/mol. The third kappa shape index (κ3) is 3.90. The first-order valence-corrected chi connectivity index (χ1v) is 5.46. The van der Waals surface area contributed by atoms with E-state index in [-0.39, 0.29) is 13.0 Å². The highest BCUT2D eigenvalue weighted by Crippen LogP contribution is 2.23. The summed E-state index contributed by atoms with van der Waals surface area (Å²) in [6.45, 7) is 0.585. The standard InChI is InChI=1S/C11H20FN3O/c1-15-7-4-10(14-15)8-11(12,9-16-2)5-3-6-13/h4,7H,3,5-6,8-9,13H2,1-2H3. The van der Waals surface area contributed by atoms with Gasteiger partial charge in [0.2, 0.25) is 0 Å². The Morgan fingerprint density at radius 1 is 1.62 bits per heavy atom. The number of nitrogens with two attached hydrogens (primary N) is 1. The number of halogens is 1. The Bertz CT molecular complexity index is 316. The first-order valence-electron chi connectivity index (χ1n) is 5.46. The number of aryl methyl sites for hydroxylation is 1. The van der Waals surface area contributed by atoms with Crippen molar-refractivity contribution in [3.63, 3.8) is 0 Å². The fourth-order valence-electron chi connectivity index (χ4n) is 1.77. The normalized spacial score (nSPS) is 15.0. The van der Waals surface area contributed by atoms with E-state index in [0.29, 0.717) is 19.4 Å². The number of hydrogen-bond acceptors (Lipinski definition) is 3. The van der Waals surface area contributed by atoms with Gasteiger partial charge < -0.3 is 10.5 Å². The molecule has 1 aromatic rings. The molecular weight excluding hydrogens is 209 g/mol. The van der Waals surface area contributed by atoms with Crippen molar-refractivity contribution in [2.24, 2.45) is 12.8 Å². The minimum Gasteiger partial charge on any atom is -0.381 e. The number of hydrogen-bond donors (Lipinski definition) is 1. The minimum atomic E-state index is -1.36. The largest absolute Gasteiger partial charge is 0.381 e. The molecule has 92 valence electrons. The molecule has 5 heteroatoms. The van der Waals surface area contributed by atoms with Crippen LogP contribution in [0.4, 0.5) is 4.39 Å². The number of alkyl halides is 1. The molecule has 0 spiro atoms. The van der Waals surface area contributed by atoms with Crippen molar-refractivity contribution in [2.45, 2.75) is 24.9 Å². The Labute approximate surface area is 95.6 Å². The zero-order valence-electron chi connectivity index (χ0n) is 9.95. The molecule has 0 amide bonds. The second-order valence-corrected chi connectivity index (χ2v) is 4.13. The summed E-state index contributed by atoms with van der Waals surface area (Å²) in [6.07, 6.45) is 3.16. The van der Waals surface area contributed by atoms with Gasteiger partial charge in [-0.25, -0.2) is 4.39 Å². The lowest BCUT2D eigenvalue weighted by Gasteiger charge is -2.23. The lowest BCUT2D eigenvalue weighted by Crippen LogP contribution is -2.32. The van der Waals surface area contributed by atoms with E-state index in [0.717, 1.165) is 5.69 Å². The van der Waals surface area contributed by atoms with Crippen LogP contribution in [-0.4, -0.2) is 35.7 Å². The van der Waals surface area contributed by atoms with Gasteiger partial charge in [-0.15, -0.1) is 0 Å². The quantitative estimate of drug-likeness (QED) is 0.760. The zero-order chi connectivity index (χ0) is 12.0. The predicted molar refractivity (Wildman–Crippen MR) is 60.9 cm³/mol. The average Bonchev–Trinajstić information content (AvgIpc) is 2.61. The molecule has 0 bridgehead atoms. The number of rotatable bonds is 7. The van der Waals surface area contributed by atoms with Crippen molar-refractivity contribution in [1.29, 1.82) is 0 Å². The van der Waals surface area contributed by atoms with E-state index in [4.69, 9.17) is 10.5 Å². The van der Waals surface area contributed by atoms with Gasteiger partial charge in [0.1, 0.15) is 5.67 Å². The van der Waals surface area contributed by atoms with E-state index in [1.54, 1.807) is 4.68 Å². The van der Waals surface area contributed by atoms with Gasteiger partial charge in [0.25, 0.3) is 0 Å². The summed E-state index contributed by atoms with van der Waals surface area (Å²) in [5.74, 6) is 0. The molecule has 0 aliphatic heterocycles. The molecule has 4 nitrogen and oxygen atoms in total. The van der Waals surface area contributed by atoms with Gasteiger partial charge in [-0.3, -0.25) is 4.68 Å². The molecule has 1 atom stereocenters. The Kier molecular flexibility index (Phi) is 4.89. The molecule has 0 saturated carbocycles. The molecule has 1 rings (SSSR count). The zero-order valence-corrected chi connectivity index (χ0v) is 9.95. The van der Waals surface area contributed by atoms with Gasteiger partial charge in [0.05, 0.1) is 12.3 Å². The van der Waals surface area contributed by atoms with Crippen LogP contribution in [0.3, 0.4) is 0 Å². The Balaban J connectivity index is 2.62. The summed E-state index contributed by atoms with van der Waals surface area (Å²) >= 11 is 0. The predicted octanol–water partition coefficient (Wildman–Crippen LogP) is 1.06. The molecule has 0 aliphatic carbocycles. The Morgan fingerprint density at radius 2 is 2.38 bits per heavy atom. The third-order valence-electron chi connectivity index (χ3n) is 2.50. The summed E-state index contributed by atoms with van der Waals surface area (Å²) in [7, 11) is 3.33. The van der Waals surface area contributed by atoms with Gasteiger partial charge in [0.15, 0.2) is 0 Å². The summed E-state index contributed by atoms with van der Waals surface area (Å²) in [6, 6.07) is 1.83. The molecule has 1 aromatic heterocycles. The van der Waals surface area contributed by atoms with Crippen LogP contribution in [0.2, 0.25) is 0 Å². The van der Waals surface area contributed by atoms with Crippen LogP contribution in [0.25, 0.3) is 0 Å². The summed E-state index contributed by atoms with van der Waals surface area (Å²) in [4.78, 5) is 0. The third-order valence-corrected chi connectivity index (χ3v) is 2.50. The van der Waals surface area contributed by atoms with E-state index in [2.05, 4.69) is 5.10 Å². The highest BCUT2D eigenvalue weighted by molar-refractivity contribution is 5.04. The highest BCUT2D eigenvalue weighted by Gasteiger charge is 2.30. The topological polar surface area (TPSA) is 53.1 Å². The number of aromatic nitrogens is 2. The van der Waals surface area contributed by atoms with Gasteiger partial charge in [-0.1, -0.05) is 0 Å². The smallest absolute Gasteiger partial charge is 0.139 e. The SMILES string of the molecule is COCC(F)(CCCN)Cc1ccn(C)n1. The van der Waals surface area contributed by atoms with Gasteiger partial charge in [-0.05, 0) is 25.5 Å². The number of methoxy groups -OCH3 is 1. The molecular formula is C11H20FN3O. The maximum absolute atomic E-state index is 14.4. The van der Waals surface area contributed by atoms with Crippen LogP contribution < -0.4 is 5.73 Å². The first-order chi connectivity index (χ1) is 7.59. The summed E-state index contributed by atoms with van der Waals surface area (Å²) in [5, 5.41) is 4.18. The number of ether oxygens (including phenoxy) is 1. The highest BCUT2D eigenvalue weighted by atomic mass is 19.1. The lowest BCUT2D eigenvalue weighted by atomic mass is 9.95. The van der Waals surface area contributed by atoms with Crippen molar-refractivity contribution < 1.29 is 9.13 Å². The van der Waals surface area contributed by atoms with Crippen LogP contribution in [0.15, 0.2) is 12.3 Å². The minimum absolute atomic E-state index is 0.0869. The summed E-state index contributed by atoms with van der Waals surface area (Å²) in [5.41, 5.74) is 4.79. The van der Waals surface area contributed by atoms with Crippen LogP contribution >= 0.6 is 0 Å². The maximum atomic E-state index is 14.4. The number of nitrogens with zero attached hydrogens (tertiary/aromatic N) is 2. The maximum Gasteiger partial charge on any atom is 0.139 e. The van der Waals surface area contributed by atoms with Crippen molar-refractivity contribution in [3.05, 3.63) is 18.0 Å². The molecule has 0 fully saturated rings. The molecule has 16 heavy (non-hydrogen) atoms. The fourth-order valence-corrected chi connectivity index (χ4v) is 1.77. The summed E-state index contributed by atoms with van der Waals surface area (Å²) < 4.78 is 21.0. The second-order valence-electron chi connectivity index (χ2n) is 4.13. The van der Waals surface area contributed by atoms with E-state index < -0.39 is 5.67 Å².